The van der Waals surface area contributed by atoms with Crippen molar-refractivity contribution in [2.45, 2.75) is 46.2 Å². The van der Waals surface area contributed by atoms with Crippen LogP contribution in [0.2, 0.25) is 0 Å². The van der Waals surface area contributed by atoms with Gasteiger partial charge >= 0.3 is 0 Å². The Kier molecular flexibility index (Phi) is 5.00. The minimum atomic E-state index is 0.0714. The number of aromatic nitrogens is 1. The van der Waals surface area contributed by atoms with Gasteiger partial charge in [-0.2, -0.15) is 0 Å². The Morgan fingerprint density at radius 3 is 2.85 bits per heavy atom. The smallest absolute Gasteiger partial charge is 0.142 e. The molecular formula is C16H26N2O2. The topological polar surface area (TPSA) is 43.4 Å². The van der Waals surface area contributed by atoms with Gasteiger partial charge in [0.05, 0.1) is 18.9 Å². The van der Waals surface area contributed by atoms with Crippen LogP contribution in [0.5, 0.6) is 5.75 Å². The molecule has 1 aliphatic rings. The summed E-state index contributed by atoms with van der Waals surface area (Å²) in [6.07, 6.45) is 1.09. The molecule has 4 nitrogen and oxygen atoms in total. The van der Waals surface area contributed by atoms with Gasteiger partial charge in [0.15, 0.2) is 0 Å². The van der Waals surface area contributed by atoms with Crippen LogP contribution in [0, 0.1) is 12.8 Å². The predicted octanol–water partition coefficient (Wildman–Crippen LogP) is 2.69. The van der Waals surface area contributed by atoms with Gasteiger partial charge in [0.25, 0.3) is 0 Å². The number of aryl methyl sites for hydroxylation is 1. The molecule has 0 bridgehead atoms. The number of nitrogens with one attached hydrogen (secondary N) is 1. The molecule has 0 saturated carbocycles. The molecule has 1 aliphatic heterocycles. The summed E-state index contributed by atoms with van der Waals surface area (Å²) in [6, 6.07) is 4.03. The van der Waals surface area contributed by atoms with Crippen LogP contribution in [-0.4, -0.2) is 30.3 Å². The zero-order valence-electron chi connectivity index (χ0n) is 13.0. The number of ether oxygens (including phenoxy) is 2. The fourth-order valence-electron chi connectivity index (χ4n) is 2.13. The second-order valence-electron chi connectivity index (χ2n) is 6.54. The number of hydrogen-bond acceptors (Lipinski definition) is 4. The minimum absolute atomic E-state index is 0.0714. The molecule has 1 aromatic rings. The third-order valence-corrected chi connectivity index (χ3v) is 3.36. The van der Waals surface area contributed by atoms with Gasteiger partial charge in [-0.15, -0.1) is 0 Å². The Balaban J connectivity index is 1.99. The fraction of sp³-hybridized carbons (Fsp3) is 0.688. The van der Waals surface area contributed by atoms with E-state index in [1.165, 1.54) is 0 Å². The van der Waals surface area contributed by atoms with Crippen molar-refractivity contribution in [2.24, 2.45) is 5.92 Å². The van der Waals surface area contributed by atoms with Crippen LogP contribution in [0.25, 0.3) is 0 Å². The number of hydrogen-bond donors (Lipinski definition) is 1. The molecule has 2 rings (SSSR count). The van der Waals surface area contributed by atoms with Gasteiger partial charge in [0, 0.05) is 30.3 Å². The summed E-state index contributed by atoms with van der Waals surface area (Å²) >= 11 is 0. The van der Waals surface area contributed by atoms with Gasteiger partial charge in [-0.1, -0.05) is 0 Å². The third-order valence-electron chi connectivity index (χ3n) is 3.36. The van der Waals surface area contributed by atoms with Crippen LogP contribution < -0.4 is 10.1 Å². The van der Waals surface area contributed by atoms with Gasteiger partial charge in [-0.05, 0) is 46.2 Å². The lowest BCUT2D eigenvalue weighted by Crippen LogP contribution is -2.35. The van der Waals surface area contributed by atoms with Crippen molar-refractivity contribution in [1.29, 1.82) is 0 Å². The first kappa shape index (κ1) is 15.3. The van der Waals surface area contributed by atoms with E-state index in [0.29, 0.717) is 12.5 Å². The van der Waals surface area contributed by atoms with Crippen molar-refractivity contribution >= 4 is 0 Å². The van der Waals surface area contributed by atoms with Gasteiger partial charge in [0.2, 0.25) is 0 Å². The molecule has 1 fully saturated rings. The minimum Gasteiger partial charge on any atom is -0.491 e. The molecule has 1 saturated heterocycles. The van der Waals surface area contributed by atoms with E-state index in [-0.39, 0.29) is 5.54 Å². The molecule has 1 N–H and O–H groups in total. The zero-order valence-corrected chi connectivity index (χ0v) is 13.0. The third kappa shape index (κ3) is 4.76. The van der Waals surface area contributed by atoms with Crippen LogP contribution in [0.4, 0.5) is 0 Å². The van der Waals surface area contributed by atoms with Crippen molar-refractivity contribution in [3.8, 4) is 5.75 Å². The Bertz CT molecular complexity index is 435. The lowest BCUT2D eigenvalue weighted by molar-refractivity contribution is 0.166. The number of rotatable bonds is 5. The van der Waals surface area contributed by atoms with E-state index in [1.54, 1.807) is 0 Å². The van der Waals surface area contributed by atoms with Gasteiger partial charge in [-0.3, -0.25) is 4.98 Å². The molecule has 1 unspecified atom stereocenters. The first-order valence-electron chi connectivity index (χ1n) is 7.36. The van der Waals surface area contributed by atoms with Crippen molar-refractivity contribution in [1.82, 2.24) is 10.3 Å². The van der Waals surface area contributed by atoms with E-state index >= 15 is 0 Å². The molecular weight excluding hydrogens is 252 g/mol. The lowest BCUT2D eigenvalue weighted by Gasteiger charge is -2.21. The van der Waals surface area contributed by atoms with Crippen molar-refractivity contribution < 1.29 is 9.47 Å². The van der Waals surface area contributed by atoms with E-state index < -0.39 is 0 Å². The molecule has 0 radical (unpaired) electrons. The van der Waals surface area contributed by atoms with Crippen LogP contribution in [0.1, 0.15) is 38.6 Å². The average molecular weight is 278 g/mol. The molecule has 20 heavy (non-hydrogen) atoms. The average Bonchev–Trinajstić information content (AvgIpc) is 2.87. The molecule has 2 heterocycles. The largest absolute Gasteiger partial charge is 0.491 e. The molecule has 112 valence electrons. The second kappa shape index (κ2) is 6.55. The van der Waals surface area contributed by atoms with E-state index in [0.717, 1.165) is 43.3 Å². The molecule has 1 aromatic heterocycles. The maximum Gasteiger partial charge on any atom is 0.142 e. The highest BCUT2D eigenvalue weighted by molar-refractivity contribution is 5.29. The molecule has 0 spiro atoms. The Labute approximate surface area is 121 Å². The van der Waals surface area contributed by atoms with Crippen LogP contribution in [0.3, 0.4) is 0 Å². The van der Waals surface area contributed by atoms with E-state index in [2.05, 4.69) is 31.1 Å². The summed E-state index contributed by atoms with van der Waals surface area (Å²) in [5, 5.41) is 3.47. The van der Waals surface area contributed by atoms with Gasteiger partial charge in [-0.25, -0.2) is 0 Å². The van der Waals surface area contributed by atoms with Crippen molar-refractivity contribution in [3.63, 3.8) is 0 Å². The highest BCUT2D eigenvalue weighted by Crippen LogP contribution is 2.20. The highest BCUT2D eigenvalue weighted by atomic mass is 16.5. The molecule has 0 amide bonds. The molecule has 1 atom stereocenters. The van der Waals surface area contributed by atoms with E-state index in [9.17, 15) is 0 Å². The highest BCUT2D eigenvalue weighted by Gasteiger charge is 2.18. The summed E-state index contributed by atoms with van der Waals surface area (Å²) in [5.41, 5.74) is 2.08. The fourth-order valence-corrected chi connectivity index (χ4v) is 2.13. The quantitative estimate of drug-likeness (QED) is 0.899. The monoisotopic (exact) mass is 278 g/mol. The van der Waals surface area contributed by atoms with E-state index in [1.807, 2.05) is 19.1 Å². The van der Waals surface area contributed by atoms with Gasteiger partial charge in [0.1, 0.15) is 5.75 Å². The summed E-state index contributed by atoms with van der Waals surface area (Å²) < 4.78 is 11.3. The zero-order chi connectivity index (χ0) is 14.6. The predicted molar refractivity (Wildman–Crippen MR) is 80.0 cm³/mol. The summed E-state index contributed by atoms with van der Waals surface area (Å²) in [5.74, 6) is 1.40. The maximum absolute atomic E-state index is 5.96. The molecule has 4 heteroatoms. The lowest BCUT2D eigenvalue weighted by atomic mass is 10.1. The van der Waals surface area contributed by atoms with Crippen molar-refractivity contribution in [2.75, 3.05) is 19.8 Å². The summed E-state index contributed by atoms with van der Waals surface area (Å²) in [4.78, 5) is 4.60. The Morgan fingerprint density at radius 1 is 1.40 bits per heavy atom. The number of pyridine rings is 1. The number of nitrogens with zero attached hydrogens (tertiary/aromatic N) is 1. The Hall–Kier alpha value is -1.13. The SMILES string of the molecule is Cc1ccc(OCC2CCOC2)c(CNC(C)(C)C)n1. The summed E-state index contributed by atoms with van der Waals surface area (Å²) in [6.45, 7) is 11.6. The molecule has 0 aliphatic carbocycles. The summed E-state index contributed by atoms with van der Waals surface area (Å²) in [7, 11) is 0. The standard InChI is InChI=1S/C16H26N2O2/c1-12-5-6-15(20-11-13-7-8-19-10-13)14(18-12)9-17-16(2,3)4/h5-6,13,17H,7-11H2,1-4H3. The second-order valence-corrected chi connectivity index (χ2v) is 6.54. The van der Waals surface area contributed by atoms with Gasteiger partial charge < -0.3 is 14.8 Å². The van der Waals surface area contributed by atoms with Crippen molar-refractivity contribution in [3.05, 3.63) is 23.5 Å². The maximum atomic E-state index is 5.96. The van der Waals surface area contributed by atoms with E-state index in [4.69, 9.17) is 9.47 Å². The Morgan fingerprint density at radius 2 is 2.20 bits per heavy atom. The normalized spacial score (nSPS) is 19.3. The first-order valence-corrected chi connectivity index (χ1v) is 7.36. The first-order chi connectivity index (χ1) is 9.44. The van der Waals surface area contributed by atoms with Crippen LogP contribution in [0.15, 0.2) is 12.1 Å². The molecule has 0 aromatic carbocycles. The van der Waals surface area contributed by atoms with Crippen LogP contribution in [-0.2, 0) is 11.3 Å². The van der Waals surface area contributed by atoms with Crippen LogP contribution >= 0.6 is 0 Å².